The molecule has 0 aliphatic heterocycles. The number of nitrogens with one attached hydrogen (secondary N) is 1. The summed E-state index contributed by atoms with van der Waals surface area (Å²) in [7, 11) is -2.51. The average molecular weight is 587 g/mol. The summed E-state index contributed by atoms with van der Waals surface area (Å²) in [6.45, 7) is 6.76. The molecule has 0 radical (unpaired) electrons. The normalized spacial score (nSPS) is 11.7. The third-order valence-electron chi connectivity index (χ3n) is 6.44. The van der Waals surface area contributed by atoms with Crippen LogP contribution in [0.4, 0.5) is 5.88 Å². The molecule has 0 unspecified atom stereocenters. The fourth-order valence-corrected chi connectivity index (χ4v) is 5.69. The van der Waals surface area contributed by atoms with Gasteiger partial charge >= 0.3 is 0 Å². The molecular weight excluding hydrogens is 552 g/mol. The fraction of sp³-hybridized carbons (Fsp3) is 0.429. The summed E-state index contributed by atoms with van der Waals surface area (Å²) in [6.07, 6.45) is 7.55. The number of sulfonamides is 1. The smallest absolute Gasteiger partial charge is 0.266 e. The first kappa shape index (κ1) is 29.7. The van der Waals surface area contributed by atoms with Crippen molar-refractivity contribution in [2.45, 2.75) is 77.3 Å². The van der Waals surface area contributed by atoms with Crippen LogP contribution < -0.4 is 4.72 Å². The van der Waals surface area contributed by atoms with Gasteiger partial charge in [-0.2, -0.15) is 5.10 Å². The van der Waals surface area contributed by atoms with Gasteiger partial charge in [0.1, 0.15) is 21.4 Å². The van der Waals surface area contributed by atoms with Crippen LogP contribution in [0, 0.1) is 6.92 Å². The largest absolute Gasteiger partial charge is 0.380 e. The summed E-state index contributed by atoms with van der Waals surface area (Å²) in [5.74, 6) is 1.71. The van der Waals surface area contributed by atoms with Gasteiger partial charge < -0.3 is 9.26 Å². The number of hydrogen-bond donors (Lipinski definition) is 1. The van der Waals surface area contributed by atoms with Crippen molar-refractivity contribution in [1.82, 2.24) is 24.9 Å². The van der Waals surface area contributed by atoms with Gasteiger partial charge in [0.05, 0.1) is 18.8 Å². The summed E-state index contributed by atoms with van der Waals surface area (Å²) >= 11 is 6.15. The number of pyridine rings is 1. The van der Waals surface area contributed by atoms with E-state index < -0.39 is 10.0 Å². The van der Waals surface area contributed by atoms with Crippen molar-refractivity contribution in [1.29, 1.82) is 0 Å². The Bertz CT molecular complexity index is 1550. The number of hydrogen-bond acceptors (Lipinski definition) is 8. The Morgan fingerprint density at radius 1 is 1.12 bits per heavy atom. The number of anilines is 1. The second-order valence-corrected chi connectivity index (χ2v) is 11.6. The van der Waals surface area contributed by atoms with Crippen LogP contribution in [-0.4, -0.2) is 40.4 Å². The molecule has 0 amide bonds. The van der Waals surface area contributed by atoms with E-state index in [-0.39, 0.29) is 28.1 Å². The first-order chi connectivity index (χ1) is 19.3. The standard InChI is InChI=1S/C28H35ClN6O4S/c1-5-7-11-24-31-25(12-8-6-2)35(32-24)17-20-13-14-22(21(16-20)18-38-4)27-23(10-9-15-30-27)40(36,37)34-28-26(29)19(3)33-39-28/h9-10,13-16,34H,5-8,11-12,17-18H2,1-4H3. The van der Waals surface area contributed by atoms with Crippen LogP contribution in [0.15, 0.2) is 45.9 Å². The van der Waals surface area contributed by atoms with Crippen molar-refractivity contribution < 1.29 is 17.7 Å². The molecule has 12 heteroatoms. The highest BCUT2D eigenvalue weighted by atomic mass is 35.5. The van der Waals surface area contributed by atoms with Gasteiger partial charge in [-0.05, 0) is 43.0 Å². The zero-order chi connectivity index (χ0) is 28.7. The van der Waals surface area contributed by atoms with Crippen molar-refractivity contribution in [3.63, 3.8) is 0 Å². The van der Waals surface area contributed by atoms with Crippen LogP contribution >= 0.6 is 11.6 Å². The molecule has 3 heterocycles. The summed E-state index contributed by atoms with van der Waals surface area (Å²) in [6, 6.07) is 8.89. The summed E-state index contributed by atoms with van der Waals surface area (Å²) < 4.78 is 41.7. The summed E-state index contributed by atoms with van der Waals surface area (Å²) in [4.78, 5) is 9.22. The third kappa shape index (κ3) is 6.89. The number of unbranched alkanes of at least 4 members (excludes halogenated alkanes) is 2. The van der Waals surface area contributed by atoms with Gasteiger partial charge in [-0.25, -0.2) is 22.8 Å². The van der Waals surface area contributed by atoms with Crippen LogP contribution in [0.5, 0.6) is 0 Å². The lowest BCUT2D eigenvalue weighted by Gasteiger charge is -2.15. The van der Waals surface area contributed by atoms with Crippen molar-refractivity contribution in [3.05, 3.63) is 70.0 Å². The van der Waals surface area contributed by atoms with E-state index in [0.29, 0.717) is 17.8 Å². The van der Waals surface area contributed by atoms with Gasteiger partial charge in [-0.3, -0.25) is 4.98 Å². The van der Waals surface area contributed by atoms with Crippen LogP contribution in [0.3, 0.4) is 0 Å². The van der Waals surface area contributed by atoms with E-state index in [2.05, 4.69) is 28.7 Å². The quantitative estimate of drug-likeness (QED) is 0.191. The van der Waals surface area contributed by atoms with Crippen molar-refractivity contribution in [2.24, 2.45) is 0 Å². The van der Waals surface area contributed by atoms with Gasteiger partial charge in [-0.1, -0.05) is 61.6 Å². The molecule has 0 atom stereocenters. The average Bonchev–Trinajstić information content (AvgIpc) is 3.47. The van der Waals surface area contributed by atoms with Crippen molar-refractivity contribution in [2.75, 3.05) is 11.8 Å². The molecule has 0 saturated carbocycles. The minimum atomic E-state index is -4.11. The Kier molecular flexibility index (Phi) is 9.94. The predicted octanol–water partition coefficient (Wildman–Crippen LogP) is 5.97. The molecule has 1 aromatic carbocycles. The number of benzene rings is 1. The Morgan fingerprint density at radius 3 is 2.60 bits per heavy atom. The molecule has 4 rings (SSSR count). The molecule has 0 aliphatic rings. The summed E-state index contributed by atoms with van der Waals surface area (Å²) in [5.41, 5.74) is 3.10. The number of methoxy groups -OCH3 is 1. The zero-order valence-electron chi connectivity index (χ0n) is 23.3. The second-order valence-electron chi connectivity index (χ2n) is 9.60. The van der Waals surface area contributed by atoms with Gasteiger partial charge in [0.15, 0.2) is 5.82 Å². The minimum Gasteiger partial charge on any atom is -0.380 e. The molecule has 0 fully saturated rings. The van der Waals surface area contributed by atoms with E-state index in [1.165, 1.54) is 6.07 Å². The maximum Gasteiger partial charge on any atom is 0.266 e. The van der Waals surface area contributed by atoms with Crippen molar-refractivity contribution in [3.8, 4) is 11.3 Å². The number of ether oxygens (including phenoxy) is 1. The number of aromatic nitrogens is 5. The third-order valence-corrected chi connectivity index (χ3v) is 8.24. The van der Waals surface area contributed by atoms with E-state index in [0.717, 1.165) is 61.3 Å². The lowest BCUT2D eigenvalue weighted by Crippen LogP contribution is -2.15. The second kappa shape index (κ2) is 13.4. The fourth-order valence-electron chi connectivity index (χ4n) is 4.35. The van der Waals surface area contributed by atoms with E-state index in [1.807, 2.05) is 22.9 Å². The Labute approximate surface area is 240 Å². The van der Waals surface area contributed by atoms with Crippen LogP contribution in [-0.2, 0) is 40.8 Å². The van der Waals surface area contributed by atoms with Gasteiger partial charge in [0.2, 0.25) is 0 Å². The number of rotatable bonds is 14. The van der Waals surface area contributed by atoms with E-state index in [1.54, 1.807) is 26.3 Å². The van der Waals surface area contributed by atoms with Gasteiger partial charge in [0, 0.05) is 31.7 Å². The number of halogens is 1. The summed E-state index contributed by atoms with van der Waals surface area (Å²) in [5, 5.41) is 8.61. The lowest BCUT2D eigenvalue weighted by atomic mass is 10.0. The maximum absolute atomic E-state index is 13.4. The molecule has 0 spiro atoms. The molecule has 3 aromatic heterocycles. The molecule has 0 bridgehead atoms. The molecule has 0 saturated heterocycles. The molecule has 10 nitrogen and oxygen atoms in total. The van der Waals surface area contributed by atoms with Crippen molar-refractivity contribution >= 4 is 27.5 Å². The van der Waals surface area contributed by atoms with E-state index in [4.69, 9.17) is 30.9 Å². The Balaban J connectivity index is 1.68. The minimum absolute atomic E-state index is 0.0242. The molecule has 214 valence electrons. The molecule has 1 N–H and O–H groups in total. The SMILES string of the molecule is CCCCc1nc(CCCC)n(Cc2ccc(-c3ncccc3S(=O)(=O)Nc3onc(C)c3Cl)c(COC)c2)n1. The number of nitrogens with zero attached hydrogens (tertiary/aromatic N) is 5. The van der Waals surface area contributed by atoms with Crippen LogP contribution in [0.1, 0.15) is 68.0 Å². The number of aryl methyl sites for hydroxylation is 3. The topological polar surface area (TPSA) is 125 Å². The van der Waals surface area contributed by atoms with Crippen LogP contribution in [0.25, 0.3) is 11.3 Å². The predicted molar refractivity (Wildman–Crippen MR) is 154 cm³/mol. The van der Waals surface area contributed by atoms with Gasteiger partial charge in [-0.15, -0.1) is 0 Å². The highest BCUT2D eigenvalue weighted by molar-refractivity contribution is 7.92. The maximum atomic E-state index is 13.4. The molecular formula is C28H35ClN6O4S. The van der Waals surface area contributed by atoms with E-state index in [9.17, 15) is 8.42 Å². The molecule has 40 heavy (non-hydrogen) atoms. The zero-order valence-corrected chi connectivity index (χ0v) is 24.8. The highest BCUT2D eigenvalue weighted by Gasteiger charge is 2.25. The monoisotopic (exact) mass is 586 g/mol. The molecule has 0 aliphatic carbocycles. The lowest BCUT2D eigenvalue weighted by molar-refractivity contribution is 0.185. The van der Waals surface area contributed by atoms with Crippen LogP contribution in [0.2, 0.25) is 5.02 Å². The first-order valence-corrected chi connectivity index (χ1v) is 15.3. The Hall–Kier alpha value is -3.28. The van der Waals surface area contributed by atoms with Gasteiger partial charge in [0.25, 0.3) is 15.9 Å². The molecule has 4 aromatic rings. The Morgan fingerprint density at radius 2 is 1.90 bits per heavy atom. The van der Waals surface area contributed by atoms with E-state index >= 15 is 0 Å². The highest BCUT2D eigenvalue weighted by Crippen LogP contribution is 2.33. The first-order valence-electron chi connectivity index (χ1n) is 13.4.